The Morgan fingerprint density at radius 3 is 2.29 bits per heavy atom. The minimum absolute atomic E-state index is 0.948. The van der Waals surface area contributed by atoms with Crippen molar-refractivity contribution in [1.29, 1.82) is 0 Å². The van der Waals surface area contributed by atoms with Gasteiger partial charge in [0.25, 0.3) is 0 Å². The Kier molecular flexibility index (Phi) is 6.21. The van der Waals surface area contributed by atoms with Crippen LogP contribution in [0.1, 0.15) is 39.1 Å². The van der Waals surface area contributed by atoms with Gasteiger partial charge in [-0.3, -0.25) is 9.58 Å². The lowest BCUT2D eigenvalue weighted by molar-refractivity contribution is 0.306. The van der Waals surface area contributed by atoms with Gasteiger partial charge in [0, 0.05) is 6.54 Å². The molecule has 0 aromatic carbocycles. The van der Waals surface area contributed by atoms with Gasteiger partial charge in [0.05, 0.1) is 18.1 Å². The normalized spacial score (nSPS) is 13.6. The van der Waals surface area contributed by atoms with Crippen molar-refractivity contribution in [3.63, 3.8) is 0 Å². The van der Waals surface area contributed by atoms with E-state index in [-0.39, 0.29) is 0 Å². The van der Waals surface area contributed by atoms with Crippen molar-refractivity contribution in [1.82, 2.24) is 14.7 Å². The summed E-state index contributed by atoms with van der Waals surface area (Å²) in [5.74, 6) is 0. The number of nitrogens with zero attached hydrogens (tertiary/aromatic N) is 3. The Bertz CT molecular complexity index is 230. The fourth-order valence-corrected chi connectivity index (χ4v) is 1.40. The maximum Gasteiger partial charge on any atom is 0.0933 e. The highest BCUT2D eigenvalue weighted by atomic mass is 15.4. The molecule has 0 amide bonds. The van der Waals surface area contributed by atoms with Crippen LogP contribution in [0.2, 0.25) is 0 Å². The third-order valence-corrected chi connectivity index (χ3v) is 1.79. The molecule has 0 saturated carbocycles. The predicted molar refractivity (Wildman–Crippen MR) is 61.1 cm³/mol. The molecule has 0 bridgehead atoms. The quantitative estimate of drug-likeness (QED) is 0.637. The van der Waals surface area contributed by atoms with Gasteiger partial charge in [-0.15, -0.1) is 0 Å². The molecule has 82 valence electrons. The minimum atomic E-state index is 0.948. The summed E-state index contributed by atoms with van der Waals surface area (Å²) in [7, 11) is 2.10. The molecule has 2 heterocycles. The third kappa shape index (κ3) is 3.14. The molecule has 0 N–H and O–H groups in total. The summed E-state index contributed by atoms with van der Waals surface area (Å²) in [5, 5.41) is 4.32. The van der Waals surface area contributed by atoms with Crippen LogP contribution in [0.5, 0.6) is 0 Å². The summed E-state index contributed by atoms with van der Waals surface area (Å²) < 4.78 is 2.05. The van der Waals surface area contributed by atoms with Crippen molar-refractivity contribution in [3.8, 4) is 0 Å². The molecule has 3 nitrogen and oxygen atoms in total. The zero-order valence-electron chi connectivity index (χ0n) is 10.3. The number of hydrogen-bond donors (Lipinski definition) is 0. The summed E-state index contributed by atoms with van der Waals surface area (Å²) in [6, 6.07) is 2.14. The second-order valence-corrected chi connectivity index (χ2v) is 2.93. The van der Waals surface area contributed by atoms with Crippen LogP contribution in [0.15, 0.2) is 6.07 Å². The molecule has 2 rings (SSSR count). The Balaban J connectivity index is 0.000000379. The highest BCUT2D eigenvalue weighted by molar-refractivity contribution is 5.10. The van der Waals surface area contributed by atoms with E-state index in [1.807, 2.05) is 34.6 Å². The van der Waals surface area contributed by atoms with Crippen LogP contribution in [0, 0.1) is 6.92 Å². The fraction of sp³-hybridized carbons (Fsp3) is 0.727. The molecule has 0 unspecified atom stereocenters. The van der Waals surface area contributed by atoms with Gasteiger partial charge in [0.1, 0.15) is 0 Å². The number of rotatable bonds is 0. The van der Waals surface area contributed by atoms with Gasteiger partial charge in [-0.05, 0) is 20.0 Å². The molecule has 0 spiro atoms. The van der Waals surface area contributed by atoms with Gasteiger partial charge >= 0.3 is 0 Å². The smallest absolute Gasteiger partial charge is 0.0933 e. The van der Waals surface area contributed by atoms with Crippen LogP contribution in [-0.4, -0.2) is 21.7 Å². The first kappa shape index (κ1) is 13.2. The van der Waals surface area contributed by atoms with Crippen molar-refractivity contribution in [2.24, 2.45) is 0 Å². The molecule has 3 heteroatoms. The second kappa shape index (κ2) is 6.60. The van der Waals surface area contributed by atoms with E-state index in [1.165, 1.54) is 5.69 Å². The average Bonchev–Trinajstić information content (AvgIpc) is 2.67. The maximum absolute atomic E-state index is 4.32. The first-order chi connectivity index (χ1) is 6.75. The van der Waals surface area contributed by atoms with Crippen LogP contribution in [-0.2, 0) is 13.2 Å². The number of hydrogen-bond acceptors (Lipinski definition) is 2. The van der Waals surface area contributed by atoms with Crippen molar-refractivity contribution in [2.45, 2.75) is 47.8 Å². The Hall–Kier alpha value is -0.830. The van der Waals surface area contributed by atoms with E-state index in [1.54, 1.807) is 0 Å². The fourth-order valence-electron chi connectivity index (χ4n) is 1.40. The summed E-state index contributed by atoms with van der Waals surface area (Å²) in [6.07, 6.45) is 0. The van der Waals surface area contributed by atoms with Gasteiger partial charge in [-0.2, -0.15) is 5.10 Å². The summed E-state index contributed by atoms with van der Waals surface area (Å²) in [5.41, 5.74) is 2.46. The number of fused-ring (bicyclic) bond motifs is 1. The van der Waals surface area contributed by atoms with Crippen molar-refractivity contribution in [3.05, 3.63) is 17.5 Å². The second-order valence-electron chi connectivity index (χ2n) is 2.93. The molecule has 0 fully saturated rings. The van der Waals surface area contributed by atoms with E-state index < -0.39 is 0 Å². The lowest BCUT2D eigenvalue weighted by Gasteiger charge is -2.02. The van der Waals surface area contributed by atoms with Crippen LogP contribution in [0.3, 0.4) is 0 Å². The molecule has 0 saturated heterocycles. The van der Waals surface area contributed by atoms with Crippen molar-refractivity contribution < 1.29 is 0 Å². The van der Waals surface area contributed by atoms with Gasteiger partial charge < -0.3 is 0 Å². The number of aryl methyl sites for hydroxylation is 1. The highest BCUT2D eigenvalue weighted by Crippen LogP contribution is 2.13. The van der Waals surface area contributed by atoms with E-state index in [0.717, 1.165) is 18.9 Å². The Morgan fingerprint density at radius 2 is 1.79 bits per heavy atom. The molecule has 1 aromatic rings. The molecule has 0 aliphatic carbocycles. The zero-order valence-corrected chi connectivity index (χ0v) is 10.3. The molecular weight excluding hydrogens is 174 g/mol. The molecule has 1 aromatic heterocycles. The SMILES string of the molecule is CC.CC.Cc1cc2n(n1)CN(C)C2. The van der Waals surface area contributed by atoms with E-state index in [9.17, 15) is 0 Å². The third-order valence-electron chi connectivity index (χ3n) is 1.79. The average molecular weight is 197 g/mol. The molecular formula is C11H23N3. The molecule has 1 aliphatic rings. The predicted octanol–water partition coefficient (Wildman–Crippen LogP) is 2.65. The van der Waals surface area contributed by atoms with E-state index in [4.69, 9.17) is 0 Å². The van der Waals surface area contributed by atoms with Gasteiger partial charge in [-0.25, -0.2) is 0 Å². The van der Waals surface area contributed by atoms with Crippen molar-refractivity contribution in [2.75, 3.05) is 7.05 Å². The lowest BCUT2D eigenvalue weighted by atomic mass is 10.4. The highest BCUT2D eigenvalue weighted by Gasteiger charge is 2.15. The molecule has 14 heavy (non-hydrogen) atoms. The van der Waals surface area contributed by atoms with E-state index in [0.29, 0.717) is 0 Å². The van der Waals surface area contributed by atoms with Gasteiger partial charge in [-0.1, -0.05) is 27.7 Å². The van der Waals surface area contributed by atoms with Crippen LogP contribution < -0.4 is 0 Å². The standard InChI is InChI=1S/C7H11N3.2C2H6/c1-6-3-7-4-9(2)5-10(7)8-6;2*1-2/h3H,4-5H2,1-2H3;2*1-2H3. The van der Waals surface area contributed by atoms with Crippen LogP contribution in [0.4, 0.5) is 0 Å². The maximum atomic E-state index is 4.32. The topological polar surface area (TPSA) is 21.1 Å². The molecule has 0 atom stereocenters. The first-order valence-electron chi connectivity index (χ1n) is 5.47. The largest absolute Gasteiger partial charge is 0.282 e. The Labute approximate surface area is 87.7 Å². The van der Waals surface area contributed by atoms with Crippen LogP contribution in [0.25, 0.3) is 0 Å². The van der Waals surface area contributed by atoms with Crippen molar-refractivity contribution >= 4 is 0 Å². The molecule has 1 aliphatic heterocycles. The van der Waals surface area contributed by atoms with Crippen LogP contribution >= 0.6 is 0 Å². The van der Waals surface area contributed by atoms with E-state index in [2.05, 4.69) is 27.8 Å². The summed E-state index contributed by atoms with van der Waals surface area (Å²) in [6.45, 7) is 12.0. The summed E-state index contributed by atoms with van der Waals surface area (Å²) >= 11 is 0. The van der Waals surface area contributed by atoms with Gasteiger partial charge in [0.2, 0.25) is 0 Å². The minimum Gasteiger partial charge on any atom is -0.282 e. The monoisotopic (exact) mass is 197 g/mol. The lowest BCUT2D eigenvalue weighted by Crippen LogP contribution is -2.11. The summed E-state index contributed by atoms with van der Waals surface area (Å²) in [4.78, 5) is 2.24. The molecule has 0 radical (unpaired) electrons. The number of aromatic nitrogens is 2. The Morgan fingerprint density at radius 1 is 1.21 bits per heavy atom. The zero-order chi connectivity index (χ0) is 11.1. The first-order valence-corrected chi connectivity index (χ1v) is 5.47. The van der Waals surface area contributed by atoms with Gasteiger partial charge in [0.15, 0.2) is 0 Å². The van der Waals surface area contributed by atoms with E-state index >= 15 is 0 Å².